The van der Waals surface area contributed by atoms with Gasteiger partial charge in [0, 0.05) is 17.2 Å². The molecule has 0 unspecified atom stereocenters. The molecule has 0 radical (unpaired) electrons. The minimum absolute atomic E-state index is 0.354. The molecule has 0 N–H and O–H groups in total. The summed E-state index contributed by atoms with van der Waals surface area (Å²) in [5, 5.41) is 15.9. The van der Waals surface area contributed by atoms with Gasteiger partial charge in [-0.1, -0.05) is 72.4 Å². The highest BCUT2D eigenvalue weighted by Gasteiger charge is 2.13. The quantitative estimate of drug-likeness (QED) is 0.249. The summed E-state index contributed by atoms with van der Waals surface area (Å²) in [7, 11) is 0. The molecule has 5 rings (SSSR count). The van der Waals surface area contributed by atoms with Crippen LogP contribution in [0.5, 0.6) is 0 Å². The zero-order chi connectivity index (χ0) is 19.6. The van der Waals surface area contributed by atoms with E-state index in [1.165, 1.54) is 11.8 Å². The summed E-state index contributed by atoms with van der Waals surface area (Å²) in [4.78, 5) is 12.1. The van der Waals surface area contributed by atoms with Crippen LogP contribution in [-0.2, 0) is 12.3 Å². The van der Waals surface area contributed by atoms with Crippen molar-refractivity contribution in [1.82, 2.24) is 20.2 Å². The largest absolute Gasteiger partial charge is 0.423 e. The minimum atomic E-state index is -0.354. The molecule has 5 aromatic rings. The monoisotopic (exact) mass is 400 g/mol. The summed E-state index contributed by atoms with van der Waals surface area (Å²) >= 11 is 1.50. The number of nitrogens with zero attached hydrogens (tertiary/aromatic N) is 4. The van der Waals surface area contributed by atoms with Gasteiger partial charge >= 0.3 is 5.63 Å². The molecule has 0 atom stereocenters. The fourth-order valence-electron chi connectivity index (χ4n) is 3.43. The molecule has 29 heavy (non-hydrogen) atoms. The molecule has 2 aromatic heterocycles. The maximum atomic E-state index is 12.1. The number of benzene rings is 3. The molecule has 3 aromatic carbocycles. The number of tetrazole rings is 1. The van der Waals surface area contributed by atoms with Crippen LogP contribution in [0, 0.1) is 0 Å². The van der Waals surface area contributed by atoms with Crippen LogP contribution >= 0.6 is 11.8 Å². The van der Waals surface area contributed by atoms with E-state index in [4.69, 9.17) is 4.42 Å². The van der Waals surface area contributed by atoms with Crippen LogP contribution in [-0.4, -0.2) is 20.2 Å². The lowest BCUT2D eigenvalue weighted by molar-refractivity contribution is 0.560. The highest BCUT2D eigenvalue weighted by atomic mass is 32.2. The molecule has 0 saturated carbocycles. The first-order chi connectivity index (χ1) is 14.3. The number of hydrogen-bond donors (Lipinski definition) is 0. The second kappa shape index (κ2) is 7.52. The van der Waals surface area contributed by atoms with Gasteiger partial charge in [0.15, 0.2) is 0 Å². The maximum absolute atomic E-state index is 12.1. The Morgan fingerprint density at radius 1 is 0.966 bits per heavy atom. The van der Waals surface area contributed by atoms with E-state index in [-0.39, 0.29) is 5.63 Å². The molecule has 0 aliphatic carbocycles. The Morgan fingerprint density at radius 2 is 1.79 bits per heavy atom. The fourth-order valence-corrected chi connectivity index (χ4v) is 4.29. The van der Waals surface area contributed by atoms with E-state index in [0.717, 1.165) is 27.3 Å². The second-order valence-corrected chi connectivity index (χ2v) is 7.59. The number of fused-ring (bicyclic) bond motifs is 3. The molecule has 7 heteroatoms. The van der Waals surface area contributed by atoms with E-state index in [9.17, 15) is 4.79 Å². The van der Waals surface area contributed by atoms with Crippen LogP contribution in [0.2, 0.25) is 0 Å². The molecular formula is C22H16N4O2S. The number of thioether (sulfide) groups is 1. The van der Waals surface area contributed by atoms with E-state index in [0.29, 0.717) is 23.0 Å². The van der Waals surface area contributed by atoms with Gasteiger partial charge in [0.1, 0.15) is 5.58 Å². The molecule has 142 valence electrons. The summed E-state index contributed by atoms with van der Waals surface area (Å²) in [6.07, 6.45) is 0. The lowest BCUT2D eigenvalue weighted by Gasteiger charge is -2.09. The predicted octanol–water partition coefficient (Wildman–Crippen LogP) is 4.27. The van der Waals surface area contributed by atoms with Crippen molar-refractivity contribution in [2.24, 2.45) is 0 Å². The molecule has 6 nitrogen and oxygen atoms in total. The van der Waals surface area contributed by atoms with Crippen molar-refractivity contribution in [2.45, 2.75) is 17.5 Å². The molecule has 0 aliphatic rings. The molecule has 0 amide bonds. The van der Waals surface area contributed by atoms with Crippen molar-refractivity contribution in [3.8, 4) is 0 Å². The van der Waals surface area contributed by atoms with Crippen molar-refractivity contribution >= 4 is 33.5 Å². The van der Waals surface area contributed by atoms with Crippen LogP contribution < -0.4 is 5.63 Å². The number of aromatic nitrogens is 4. The Balaban J connectivity index is 1.50. The van der Waals surface area contributed by atoms with Gasteiger partial charge in [-0.05, 0) is 38.4 Å². The standard InChI is InChI=1S/C22H16N4O2S/c27-20-12-17(21-18-9-5-4-8-16(18)10-11-19(21)28-20)14-29-22-23-24-25-26(22)13-15-6-2-1-3-7-15/h1-12H,13-14H2. The smallest absolute Gasteiger partial charge is 0.336 e. The van der Waals surface area contributed by atoms with Gasteiger partial charge in [-0.3, -0.25) is 0 Å². The van der Waals surface area contributed by atoms with E-state index in [1.54, 1.807) is 10.7 Å². The average molecular weight is 400 g/mol. The summed E-state index contributed by atoms with van der Waals surface area (Å²) < 4.78 is 7.21. The van der Waals surface area contributed by atoms with Gasteiger partial charge < -0.3 is 4.42 Å². The third kappa shape index (κ3) is 3.52. The summed E-state index contributed by atoms with van der Waals surface area (Å²) in [6, 6.07) is 23.5. The molecular weight excluding hydrogens is 384 g/mol. The Hall–Kier alpha value is -3.45. The Morgan fingerprint density at radius 3 is 2.69 bits per heavy atom. The topological polar surface area (TPSA) is 73.8 Å². The van der Waals surface area contributed by atoms with Crippen LogP contribution in [0.15, 0.2) is 87.2 Å². The Labute approximate surface area is 170 Å². The van der Waals surface area contributed by atoms with Gasteiger partial charge in [0.05, 0.1) is 6.54 Å². The first-order valence-corrected chi connectivity index (χ1v) is 10.1. The molecule has 0 saturated heterocycles. The fraction of sp³-hybridized carbons (Fsp3) is 0.0909. The van der Waals surface area contributed by atoms with Gasteiger partial charge in [-0.25, -0.2) is 9.48 Å². The third-order valence-corrected chi connectivity index (χ3v) is 5.75. The molecule has 0 fully saturated rings. The predicted molar refractivity (Wildman–Crippen MR) is 113 cm³/mol. The normalized spacial score (nSPS) is 11.3. The lowest BCUT2D eigenvalue weighted by Crippen LogP contribution is -2.04. The maximum Gasteiger partial charge on any atom is 0.336 e. The van der Waals surface area contributed by atoms with Crippen molar-refractivity contribution < 1.29 is 4.42 Å². The van der Waals surface area contributed by atoms with Crippen LogP contribution in [0.4, 0.5) is 0 Å². The number of hydrogen-bond acceptors (Lipinski definition) is 6. The van der Waals surface area contributed by atoms with Crippen molar-refractivity contribution in [3.63, 3.8) is 0 Å². The van der Waals surface area contributed by atoms with Crippen LogP contribution in [0.1, 0.15) is 11.1 Å². The minimum Gasteiger partial charge on any atom is -0.423 e. The van der Waals surface area contributed by atoms with Crippen molar-refractivity contribution in [3.05, 3.63) is 94.3 Å². The first kappa shape index (κ1) is 17.6. The SMILES string of the molecule is O=c1cc(CSc2nnnn2Cc2ccccc2)c2c(ccc3ccccc32)o1. The average Bonchev–Trinajstić information content (AvgIpc) is 3.19. The zero-order valence-corrected chi connectivity index (χ0v) is 16.2. The van der Waals surface area contributed by atoms with Gasteiger partial charge in [0.25, 0.3) is 0 Å². The summed E-state index contributed by atoms with van der Waals surface area (Å²) in [5.41, 5.74) is 2.27. The molecule has 0 aliphatic heterocycles. The Kier molecular flexibility index (Phi) is 4.57. The van der Waals surface area contributed by atoms with Crippen LogP contribution in [0.25, 0.3) is 21.7 Å². The lowest BCUT2D eigenvalue weighted by atomic mass is 10.0. The van der Waals surface area contributed by atoms with Crippen LogP contribution in [0.3, 0.4) is 0 Å². The highest BCUT2D eigenvalue weighted by Crippen LogP contribution is 2.30. The summed E-state index contributed by atoms with van der Waals surface area (Å²) in [5.74, 6) is 0.561. The Bertz CT molecular complexity index is 1360. The zero-order valence-electron chi connectivity index (χ0n) is 15.4. The molecule has 0 spiro atoms. The van der Waals surface area contributed by atoms with E-state index < -0.39 is 0 Å². The second-order valence-electron chi connectivity index (χ2n) is 6.64. The van der Waals surface area contributed by atoms with E-state index in [1.807, 2.05) is 60.7 Å². The summed E-state index contributed by atoms with van der Waals surface area (Å²) in [6.45, 7) is 0.594. The van der Waals surface area contributed by atoms with E-state index >= 15 is 0 Å². The molecule has 0 bridgehead atoms. The third-order valence-electron chi connectivity index (χ3n) is 4.75. The first-order valence-electron chi connectivity index (χ1n) is 9.15. The van der Waals surface area contributed by atoms with E-state index in [2.05, 4.69) is 21.6 Å². The highest BCUT2D eigenvalue weighted by molar-refractivity contribution is 7.98. The molecule has 2 heterocycles. The van der Waals surface area contributed by atoms with Crippen molar-refractivity contribution in [1.29, 1.82) is 0 Å². The van der Waals surface area contributed by atoms with Crippen molar-refractivity contribution in [2.75, 3.05) is 0 Å². The number of rotatable bonds is 5. The van der Waals surface area contributed by atoms with Gasteiger partial charge in [-0.15, -0.1) is 5.10 Å². The van der Waals surface area contributed by atoms with Gasteiger partial charge in [-0.2, -0.15) is 0 Å². The van der Waals surface area contributed by atoms with Gasteiger partial charge in [0.2, 0.25) is 5.16 Å².